The van der Waals surface area contributed by atoms with Gasteiger partial charge in [-0.1, -0.05) is 6.92 Å². The van der Waals surface area contributed by atoms with Gasteiger partial charge in [-0.3, -0.25) is 0 Å². The fourth-order valence-electron chi connectivity index (χ4n) is 1.09. The Kier molecular flexibility index (Phi) is 3.36. The second kappa shape index (κ2) is 4.58. The highest BCUT2D eigenvalue weighted by atomic mass is 15.0. The molecule has 0 amide bonds. The molecule has 12 heavy (non-hydrogen) atoms. The fourth-order valence-corrected chi connectivity index (χ4v) is 1.09. The maximum Gasteiger partial charge on any atom is 0.109 e. The Balaban J connectivity index is 2.58. The van der Waals surface area contributed by atoms with Crippen molar-refractivity contribution in [2.24, 2.45) is 0 Å². The minimum atomic E-state index is 0.438. The molecule has 0 saturated carbocycles. The lowest BCUT2D eigenvalue weighted by Crippen LogP contribution is -2.14. The molecule has 3 nitrogen and oxygen atoms in total. The van der Waals surface area contributed by atoms with Crippen molar-refractivity contribution in [3.8, 4) is 6.07 Å². The van der Waals surface area contributed by atoms with E-state index in [-0.39, 0.29) is 0 Å². The summed E-state index contributed by atoms with van der Waals surface area (Å²) in [7, 11) is 0. The maximum atomic E-state index is 8.50. The Morgan fingerprint density at radius 1 is 1.67 bits per heavy atom. The van der Waals surface area contributed by atoms with Crippen molar-refractivity contribution in [2.45, 2.75) is 20.0 Å². The number of nitrogens with zero attached hydrogens (tertiary/aromatic N) is 2. The molecule has 1 rings (SSSR count). The molecular formula is C9H13N3. The van der Waals surface area contributed by atoms with Crippen LogP contribution in [0.25, 0.3) is 0 Å². The lowest BCUT2D eigenvalue weighted by Gasteiger charge is -2.04. The number of nitrogens with one attached hydrogen (secondary N) is 1. The first-order valence-corrected chi connectivity index (χ1v) is 4.10. The summed E-state index contributed by atoms with van der Waals surface area (Å²) in [6.07, 6.45) is 1.93. The summed E-state index contributed by atoms with van der Waals surface area (Å²) < 4.78 is 1.95. The predicted octanol–water partition coefficient (Wildman–Crippen LogP) is 1.12. The molecule has 0 aliphatic carbocycles. The van der Waals surface area contributed by atoms with Gasteiger partial charge >= 0.3 is 0 Å². The average molecular weight is 163 g/mol. The summed E-state index contributed by atoms with van der Waals surface area (Å²) in [5.41, 5.74) is 1.17. The highest BCUT2D eigenvalue weighted by Gasteiger charge is 1.97. The van der Waals surface area contributed by atoms with Gasteiger partial charge < -0.3 is 9.88 Å². The van der Waals surface area contributed by atoms with Crippen molar-refractivity contribution in [2.75, 3.05) is 6.54 Å². The zero-order valence-electron chi connectivity index (χ0n) is 7.25. The van der Waals surface area contributed by atoms with Crippen molar-refractivity contribution in [1.29, 1.82) is 5.26 Å². The van der Waals surface area contributed by atoms with E-state index in [1.807, 2.05) is 22.9 Å². The van der Waals surface area contributed by atoms with Crippen LogP contribution in [0.4, 0.5) is 0 Å². The second-order valence-electron chi connectivity index (χ2n) is 2.57. The average Bonchev–Trinajstić information content (AvgIpc) is 2.50. The number of hydrogen-bond donors (Lipinski definition) is 1. The summed E-state index contributed by atoms with van der Waals surface area (Å²) in [4.78, 5) is 0. The topological polar surface area (TPSA) is 40.8 Å². The van der Waals surface area contributed by atoms with Crippen LogP contribution < -0.4 is 5.32 Å². The molecule has 0 saturated heterocycles. The lowest BCUT2D eigenvalue weighted by molar-refractivity contribution is 0.665. The highest BCUT2D eigenvalue weighted by Crippen LogP contribution is 2.00. The Morgan fingerprint density at radius 3 is 3.17 bits per heavy atom. The van der Waals surface area contributed by atoms with E-state index in [1.165, 1.54) is 5.69 Å². The Labute approximate surface area is 72.6 Å². The third-order valence-electron chi connectivity index (χ3n) is 1.72. The maximum absolute atomic E-state index is 8.50. The third-order valence-corrected chi connectivity index (χ3v) is 1.72. The van der Waals surface area contributed by atoms with Gasteiger partial charge in [-0.05, 0) is 18.7 Å². The van der Waals surface area contributed by atoms with Crippen LogP contribution in [0.15, 0.2) is 18.3 Å². The highest BCUT2D eigenvalue weighted by molar-refractivity contribution is 5.08. The molecule has 0 unspecified atom stereocenters. The van der Waals surface area contributed by atoms with E-state index in [1.54, 1.807) is 0 Å². The smallest absolute Gasteiger partial charge is 0.109 e. The predicted molar refractivity (Wildman–Crippen MR) is 47.4 cm³/mol. The minimum Gasteiger partial charge on any atom is -0.337 e. The van der Waals surface area contributed by atoms with Gasteiger partial charge in [-0.25, -0.2) is 0 Å². The second-order valence-corrected chi connectivity index (χ2v) is 2.57. The van der Waals surface area contributed by atoms with Crippen molar-refractivity contribution < 1.29 is 0 Å². The van der Waals surface area contributed by atoms with Crippen LogP contribution in [0.1, 0.15) is 12.6 Å². The van der Waals surface area contributed by atoms with Gasteiger partial charge in [0.25, 0.3) is 0 Å². The van der Waals surface area contributed by atoms with Crippen LogP contribution in [0.3, 0.4) is 0 Å². The van der Waals surface area contributed by atoms with E-state index >= 15 is 0 Å². The molecule has 0 aromatic carbocycles. The van der Waals surface area contributed by atoms with E-state index in [4.69, 9.17) is 5.26 Å². The minimum absolute atomic E-state index is 0.438. The summed E-state index contributed by atoms with van der Waals surface area (Å²) in [5, 5.41) is 11.7. The van der Waals surface area contributed by atoms with Gasteiger partial charge in [0, 0.05) is 18.4 Å². The number of nitriles is 1. The zero-order valence-corrected chi connectivity index (χ0v) is 7.25. The first-order valence-electron chi connectivity index (χ1n) is 4.10. The molecule has 1 heterocycles. The molecule has 0 atom stereocenters. The third kappa shape index (κ3) is 2.11. The summed E-state index contributed by atoms with van der Waals surface area (Å²) in [6, 6.07) is 6.11. The van der Waals surface area contributed by atoms with E-state index < -0.39 is 0 Å². The summed E-state index contributed by atoms with van der Waals surface area (Å²) in [5.74, 6) is 0. The van der Waals surface area contributed by atoms with Gasteiger partial charge in [0.1, 0.15) is 6.54 Å². The molecule has 0 aliphatic heterocycles. The number of aromatic nitrogens is 1. The fraction of sp³-hybridized carbons (Fsp3) is 0.444. The van der Waals surface area contributed by atoms with Crippen LogP contribution in [-0.4, -0.2) is 11.1 Å². The Hall–Kier alpha value is -1.27. The van der Waals surface area contributed by atoms with Crippen molar-refractivity contribution in [3.63, 3.8) is 0 Å². The van der Waals surface area contributed by atoms with E-state index in [0.29, 0.717) is 6.54 Å². The van der Waals surface area contributed by atoms with Gasteiger partial charge in [-0.2, -0.15) is 5.26 Å². The molecule has 1 aromatic rings. The van der Waals surface area contributed by atoms with Crippen LogP contribution in [-0.2, 0) is 13.1 Å². The van der Waals surface area contributed by atoms with Crippen LogP contribution in [0.5, 0.6) is 0 Å². The SMILES string of the molecule is CCNCc1cccn1CC#N. The van der Waals surface area contributed by atoms with Crippen LogP contribution >= 0.6 is 0 Å². The lowest BCUT2D eigenvalue weighted by atomic mass is 10.4. The van der Waals surface area contributed by atoms with Crippen molar-refractivity contribution >= 4 is 0 Å². The van der Waals surface area contributed by atoms with E-state index in [2.05, 4.69) is 18.3 Å². The normalized spacial score (nSPS) is 9.67. The van der Waals surface area contributed by atoms with Gasteiger partial charge in [0.05, 0.1) is 6.07 Å². The molecular weight excluding hydrogens is 150 g/mol. The summed E-state index contributed by atoms with van der Waals surface area (Å²) in [6.45, 7) is 4.30. The molecule has 1 N–H and O–H groups in total. The quantitative estimate of drug-likeness (QED) is 0.722. The van der Waals surface area contributed by atoms with Crippen LogP contribution in [0.2, 0.25) is 0 Å². The van der Waals surface area contributed by atoms with Gasteiger partial charge in [0.15, 0.2) is 0 Å². The zero-order chi connectivity index (χ0) is 8.81. The van der Waals surface area contributed by atoms with E-state index in [9.17, 15) is 0 Å². The molecule has 0 aliphatic rings. The molecule has 0 fully saturated rings. The molecule has 64 valence electrons. The molecule has 0 radical (unpaired) electrons. The van der Waals surface area contributed by atoms with Crippen molar-refractivity contribution in [3.05, 3.63) is 24.0 Å². The molecule has 3 heteroatoms. The number of hydrogen-bond acceptors (Lipinski definition) is 2. The summed E-state index contributed by atoms with van der Waals surface area (Å²) >= 11 is 0. The number of rotatable bonds is 4. The molecule has 0 spiro atoms. The molecule has 1 aromatic heterocycles. The first kappa shape index (κ1) is 8.82. The largest absolute Gasteiger partial charge is 0.337 e. The van der Waals surface area contributed by atoms with Crippen molar-refractivity contribution in [1.82, 2.24) is 9.88 Å². The Bertz CT molecular complexity index is 270. The monoisotopic (exact) mass is 163 g/mol. The van der Waals surface area contributed by atoms with Crippen LogP contribution in [0, 0.1) is 11.3 Å². The first-order chi connectivity index (χ1) is 5.88. The van der Waals surface area contributed by atoms with E-state index in [0.717, 1.165) is 13.1 Å². The van der Waals surface area contributed by atoms with Gasteiger partial charge in [0.2, 0.25) is 0 Å². The molecule has 0 bridgehead atoms. The standard InChI is InChI=1S/C9H13N3/c1-2-11-8-9-4-3-6-12(9)7-5-10/h3-4,6,11H,2,7-8H2,1H3. The van der Waals surface area contributed by atoms with Gasteiger partial charge in [-0.15, -0.1) is 0 Å². The Morgan fingerprint density at radius 2 is 2.50 bits per heavy atom.